The van der Waals surface area contributed by atoms with Crippen LogP contribution in [0.5, 0.6) is 5.75 Å². The molecule has 0 atom stereocenters. The van der Waals surface area contributed by atoms with Crippen LogP contribution in [0.15, 0.2) is 35.5 Å². The van der Waals surface area contributed by atoms with Crippen LogP contribution in [0.2, 0.25) is 0 Å². The fourth-order valence-electron chi connectivity index (χ4n) is 6.13. The minimum Gasteiger partial charge on any atom is -0.496 e. The molecule has 2 fully saturated rings. The quantitative estimate of drug-likeness (QED) is 0.383. The Morgan fingerprint density at radius 3 is 2.54 bits per heavy atom. The van der Waals surface area contributed by atoms with Gasteiger partial charge in [0.1, 0.15) is 12.4 Å². The summed E-state index contributed by atoms with van der Waals surface area (Å²) in [4.78, 5) is 18.8. The molecule has 1 N–H and O–H groups in total. The molecule has 1 saturated heterocycles. The lowest BCUT2D eigenvalue weighted by Gasteiger charge is -2.37. The van der Waals surface area contributed by atoms with Gasteiger partial charge in [-0.25, -0.2) is 0 Å². The number of alkyl halides is 3. The van der Waals surface area contributed by atoms with Crippen LogP contribution in [0.3, 0.4) is 0 Å². The Labute approximate surface area is 226 Å². The number of carboxylic acids is 1. The molecule has 2 aliphatic carbocycles. The topological polar surface area (TPSA) is 71.4 Å². The number of likely N-dealkylation sites (tertiary alicyclic amines) is 1. The van der Waals surface area contributed by atoms with Gasteiger partial charge in [0.25, 0.3) is 0 Å². The molecule has 9 heteroatoms. The highest BCUT2D eigenvalue weighted by molar-refractivity contribution is 6.02. The minimum atomic E-state index is -4.41. The van der Waals surface area contributed by atoms with Crippen molar-refractivity contribution in [2.24, 2.45) is 11.1 Å². The fourth-order valence-corrected chi connectivity index (χ4v) is 6.13. The molecule has 0 aromatic heterocycles. The Hall–Kier alpha value is -3.07. The molecule has 0 amide bonds. The highest BCUT2D eigenvalue weighted by Crippen LogP contribution is 2.41. The van der Waals surface area contributed by atoms with Gasteiger partial charge in [-0.1, -0.05) is 42.6 Å². The van der Waals surface area contributed by atoms with Crippen molar-refractivity contribution < 1.29 is 32.6 Å². The Bertz CT molecular complexity index is 1230. The number of carbonyl (C=O) groups is 1. The maximum Gasteiger partial charge on any atom is 0.416 e. The maximum atomic E-state index is 13.9. The summed E-state index contributed by atoms with van der Waals surface area (Å²) in [6.45, 7) is 1.62. The number of nitrogens with zero attached hydrogens (tertiary/aromatic N) is 2. The Balaban J connectivity index is 1.29. The van der Waals surface area contributed by atoms with Crippen molar-refractivity contribution in [3.8, 4) is 5.75 Å². The van der Waals surface area contributed by atoms with Crippen molar-refractivity contribution in [3.63, 3.8) is 0 Å². The largest absolute Gasteiger partial charge is 0.496 e. The summed E-state index contributed by atoms with van der Waals surface area (Å²) in [6, 6.07) is 8.62. The summed E-state index contributed by atoms with van der Waals surface area (Å²) in [5.74, 6) is -0.418. The van der Waals surface area contributed by atoms with Gasteiger partial charge in [0.2, 0.25) is 0 Å². The Kier molecular flexibility index (Phi) is 8.16. The second-order valence-electron chi connectivity index (χ2n) is 11.0. The lowest BCUT2D eigenvalue weighted by atomic mass is 9.81. The second-order valence-corrected chi connectivity index (χ2v) is 11.0. The third-order valence-corrected chi connectivity index (χ3v) is 8.25. The highest BCUT2D eigenvalue weighted by atomic mass is 19.4. The molecule has 2 aromatic rings. The van der Waals surface area contributed by atoms with E-state index in [0.717, 1.165) is 67.3 Å². The number of aliphatic carboxylic acids is 1. The first-order valence-electron chi connectivity index (χ1n) is 13.8. The van der Waals surface area contributed by atoms with Gasteiger partial charge in [0.05, 0.1) is 24.3 Å². The van der Waals surface area contributed by atoms with E-state index in [1.807, 2.05) is 6.07 Å². The van der Waals surface area contributed by atoms with Gasteiger partial charge in [-0.2, -0.15) is 13.2 Å². The molecule has 5 rings (SSSR count). The monoisotopic (exact) mass is 544 g/mol. The molecule has 210 valence electrons. The van der Waals surface area contributed by atoms with Gasteiger partial charge in [-0.05, 0) is 66.8 Å². The number of hydrogen-bond donors (Lipinski definition) is 1. The van der Waals surface area contributed by atoms with Gasteiger partial charge >= 0.3 is 12.1 Å². The third-order valence-electron chi connectivity index (χ3n) is 8.25. The SMILES string of the molecule is COc1cc2c(cc1CN1CC(C(=O)O)C1)CCC/C2=N\OCc1ccc(C2CCCCC2)c(C(F)(F)F)c1. The normalized spacial score (nSPS) is 19.9. The summed E-state index contributed by atoms with van der Waals surface area (Å²) in [5.41, 5.74) is 4.09. The van der Waals surface area contributed by atoms with E-state index < -0.39 is 17.7 Å². The minimum absolute atomic E-state index is 0.0381. The molecular formula is C30H35F3N2O4. The molecule has 0 radical (unpaired) electrons. The lowest BCUT2D eigenvalue weighted by molar-refractivity contribution is -0.147. The average Bonchev–Trinajstić information content (AvgIpc) is 2.89. The van der Waals surface area contributed by atoms with Crippen molar-refractivity contribution in [1.82, 2.24) is 4.90 Å². The molecular weight excluding hydrogens is 509 g/mol. The zero-order chi connectivity index (χ0) is 27.6. The smallest absolute Gasteiger partial charge is 0.416 e. The van der Waals surface area contributed by atoms with Crippen LogP contribution < -0.4 is 4.74 Å². The van der Waals surface area contributed by atoms with Crippen molar-refractivity contribution >= 4 is 11.7 Å². The molecule has 1 saturated carbocycles. The summed E-state index contributed by atoms with van der Waals surface area (Å²) in [6.07, 6.45) is 2.71. The first-order valence-corrected chi connectivity index (χ1v) is 13.8. The number of aryl methyl sites for hydroxylation is 1. The predicted molar refractivity (Wildman–Crippen MR) is 141 cm³/mol. The van der Waals surface area contributed by atoms with E-state index in [0.29, 0.717) is 42.9 Å². The number of benzene rings is 2. The number of hydrogen-bond acceptors (Lipinski definition) is 5. The van der Waals surface area contributed by atoms with Crippen LogP contribution in [0.25, 0.3) is 0 Å². The van der Waals surface area contributed by atoms with Gasteiger partial charge in [-0.15, -0.1) is 0 Å². The van der Waals surface area contributed by atoms with Crippen molar-refractivity contribution in [2.45, 2.75) is 76.6 Å². The number of rotatable bonds is 8. The summed E-state index contributed by atoms with van der Waals surface area (Å²) in [7, 11) is 1.60. The van der Waals surface area contributed by atoms with Crippen LogP contribution in [0, 0.1) is 5.92 Å². The third kappa shape index (κ3) is 6.24. The van der Waals surface area contributed by atoms with E-state index in [1.165, 1.54) is 6.07 Å². The summed E-state index contributed by atoms with van der Waals surface area (Å²) >= 11 is 0. The number of halogens is 3. The van der Waals surface area contributed by atoms with E-state index in [9.17, 15) is 18.0 Å². The molecule has 39 heavy (non-hydrogen) atoms. The van der Waals surface area contributed by atoms with Gasteiger partial charge in [-0.3, -0.25) is 9.69 Å². The fraction of sp³-hybridized carbons (Fsp3) is 0.533. The summed E-state index contributed by atoms with van der Waals surface area (Å²) < 4.78 is 47.4. The maximum absolute atomic E-state index is 13.9. The Morgan fingerprint density at radius 2 is 1.85 bits per heavy atom. The van der Waals surface area contributed by atoms with E-state index in [-0.39, 0.29) is 18.4 Å². The highest BCUT2D eigenvalue weighted by Gasteiger charge is 2.36. The molecule has 0 bridgehead atoms. The zero-order valence-electron chi connectivity index (χ0n) is 22.2. The van der Waals surface area contributed by atoms with Crippen LogP contribution in [0.4, 0.5) is 13.2 Å². The van der Waals surface area contributed by atoms with Crippen LogP contribution in [-0.2, 0) is 35.4 Å². The lowest BCUT2D eigenvalue weighted by Crippen LogP contribution is -2.49. The number of ether oxygens (including phenoxy) is 1. The van der Waals surface area contributed by atoms with Gasteiger partial charge in [0, 0.05) is 30.8 Å². The van der Waals surface area contributed by atoms with Crippen molar-refractivity contribution in [1.29, 1.82) is 0 Å². The number of methoxy groups -OCH3 is 1. The zero-order valence-corrected chi connectivity index (χ0v) is 22.2. The first-order chi connectivity index (χ1) is 18.7. The number of fused-ring (bicyclic) bond motifs is 1. The first kappa shape index (κ1) is 27.5. The summed E-state index contributed by atoms with van der Waals surface area (Å²) in [5, 5.41) is 13.5. The van der Waals surface area contributed by atoms with E-state index in [1.54, 1.807) is 19.2 Å². The van der Waals surface area contributed by atoms with E-state index in [2.05, 4.69) is 16.1 Å². The molecule has 1 aliphatic heterocycles. The van der Waals surface area contributed by atoms with Crippen LogP contribution >= 0.6 is 0 Å². The standard InChI is InChI=1S/C30H35F3N2O4/c1-38-28-14-25-21(13-22(28)15-35-16-23(17-35)29(36)37)8-5-9-27(25)34-39-18-19-10-11-24(20-6-3-2-4-7-20)26(12-19)30(31,32)33/h10-14,20,23H,2-9,15-18H2,1H3,(H,36,37)/b34-27+. The molecule has 0 spiro atoms. The molecule has 1 heterocycles. The van der Waals surface area contributed by atoms with Gasteiger partial charge < -0.3 is 14.7 Å². The molecule has 3 aliphatic rings. The number of oxime groups is 1. The predicted octanol–water partition coefficient (Wildman–Crippen LogP) is 6.54. The van der Waals surface area contributed by atoms with Crippen molar-refractivity contribution in [2.75, 3.05) is 20.2 Å². The van der Waals surface area contributed by atoms with E-state index in [4.69, 9.17) is 14.7 Å². The number of carboxylic acid groups (broad SMARTS) is 1. The molecule has 0 unspecified atom stereocenters. The van der Waals surface area contributed by atoms with E-state index >= 15 is 0 Å². The second kappa shape index (κ2) is 11.6. The molecule has 2 aromatic carbocycles. The van der Waals surface area contributed by atoms with Crippen LogP contribution in [-0.4, -0.2) is 41.9 Å². The van der Waals surface area contributed by atoms with Gasteiger partial charge in [0.15, 0.2) is 0 Å². The van der Waals surface area contributed by atoms with Crippen LogP contribution in [0.1, 0.15) is 84.2 Å². The van der Waals surface area contributed by atoms with Crippen molar-refractivity contribution in [3.05, 3.63) is 63.7 Å². The average molecular weight is 545 g/mol. The molecule has 6 nitrogen and oxygen atoms in total. The Morgan fingerprint density at radius 1 is 1.08 bits per heavy atom.